The molecular formula is C20H19ClN4O2S3. The van der Waals surface area contributed by atoms with Gasteiger partial charge < -0.3 is 4.74 Å². The van der Waals surface area contributed by atoms with Crippen molar-refractivity contribution in [2.24, 2.45) is 5.10 Å². The van der Waals surface area contributed by atoms with Crippen LogP contribution in [0.1, 0.15) is 18.1 Å². The zero-order chi connectivity index (χ0) is 21.2. The van der Waals surface area contributed by atoms with Gasteiger partial charge in [0.25, 0.3) is 5.91 Å². The van der Waals surface area contributed by atoms with Gasteiger partial charge in [0.1, 0.15) is 5.75 Å². The van der Waals surface area contributed by atoms with Crippen LogP contribution in [0.25, 0.3) is 0 Å². The smallest absolute Gasteiger partial charge is 0.250 e. The number of aromatic nitrogens is 2. The van der Waals surface area contributed by atoms with Gasteiger partial charge in [0.05, 0.1) is 18.6 Å². The molecule has 0 spiro atoms. The lowest BCUT2D eigenvalue weighted by Crippen LogP contribution is -2.19. The van der Waals surface area contributed by atoms with Gasteiger partial charge >= 0.3 is 0 Å². The lowest BCUT2D eigenvalue weighted by Gasteiger charge is -2.05. The first-order chi connectivity index (χ1) is 14.7. The summed E-state index contributed by atoms with van der Waals surface area (Å²) < 4.78 is 7.10. The van der Waals surface area contributed by atoms with E-state index in [0.717, 1.165) is 36.3 Å². The van der Waals surface area contributed by atoms with Gasteiger partial charge in [0.15, 0.2) is 8.68 Å². The number of benzene rings is 2. The quantitative estimate of drug-likeness (QED) is 0.247. The third-order valence-corrected chi connectivity index (χ3v) is 7.24. The fraction of sp³-hybridized carbons (Fsp3) is 0.200. The highest BCUT2D eigenvalue weighted by Crippen LogP contribution is 2.32. The number of nitrogens with zero attached hydrogens (tertiary/aromatic N) is 3. The molecule has 0 radical (unpaired) electrons. The second-order valence-electron chi connectivity index (χ2n) is 5.77. The van der Waals surface area contributed by atoms with Gasteiger partial charge in [-0.25, -0.2) is 5.43 Å². The van der Waals surface area contributed by atoms with Crippen molar-refractivity contribution >= 4 is 58.6 Å². The maximum atomic E-state index is 12.0. The van der Waals surface area contributed by atoms with Gasteiger partial charge in [-0.15, -0.1) is 10.2 Å². The molecule has 6 nitrogen and oxygen atoms in total. The molecule has 1 heterocycles. The maximum Gasteiger partial charge on any atom is 0.250 e. The number of carbonyl (C=O) groups excluding carboxylic acids is 1. The fourth-order valence-corrected chi connectivity index (χ4v) is 5.37. The van der Waals surface area contributed by atoms with Crippen LogP contribution in [0, 0.1) is 0 Å². The number of nitrogens with one attached hydrogen (secondary N) is 1. The maximum absolute atomic E-state index is 12.0. The molecule has 1 amide bonds. The van der Waals surface area contributed by atoms with E-state index < -0.39 is 0 Å². The number of hydrogen-bond donors (Lipinski definition) is 1. The number of carbonyl (C=O) groups is 1. The van der Waals surface area contributed by atoms with Gasteiger partial charge in [-0.2, -0.15) is 5.10 Å². The minimum Gasteiger partial charge on any atom is -0.493 e. The van der Waals surface area contributed by atoms with E-state index in [1.807, 2.05) is 55.5 Å². The number of halogens is 1. The summed E-state index contributed by atoms with van der Waals surface area (Å²) >= 11 is 10.5. The fourth-order valence-electron chi connectivity index (χ4n) is 2.28. The van der Waals surface area contributed by atoms with Crippen molar-refractivity contribution in [3.8, 4) is 5.75 Å². The van der Waals surface area contributed by atoms with Crippen LogP contribution in [0.15, 0.2) is 62.3 Å². The highest BCUT2D eigenvalue weighted by Gasteiger charge is 2.09. The topological polar surface area (TPSA) is 76.5 Å². The lowest BCUT2D eigenvalue weighted by molar-refractivity contribution is -0.118. The van der Waals surface area contributed by atoms with Crippen molar-refractivity contribution < 1.29 is 9.53 Å². The van der Waals surface area contributed by atoms with Crippen molar-refractivity contribution in [2.75, 3.05) is 12.4 Å². The molecule has 0 aliphatic rings. The van der Waals surface area contributed by atoms with Crippen LogP contribution in [0.2, 0.25) is 5.02 Å². The number of hydrazone groups is 1. The van der Waals surface area contributed by atoms with Crippen LogP contribution in [0.5, 0.6) is 5.75 Å². The third-order valence-electron chi connectivity index (χ3n) is 3.64. The monoisotopic (exact) mass is 478 g/mol. The number of amides is 1. The molecule has 1 N–H and O–H groups in total. The van der Waals surface area contributed by atoms with E-state index in [1.165, 1.54) is 23.1 Å². The zero-order valence-corrected chi connectivity index (χ0v) is 19.3. The van der Waals surface area contributed by atoms with Crippen molar-refractivity contribution in [1.29, 1.82) is 0 Å². The molecule has 0 fully saturated rings. The second kappa shape index (κ2) is 11.9. The van der Waals surface area contributed by atoms with E-state index in [0.29, 0.717) is 6.61 Å². The van der Waals surface area contributed by atoms with Gasteiger partial charge in [-0.1, -0.05) is 76.8 Å². The standard InChI is InChI=1S/C20H19ClN4O2S3/c1-2-27-17-10-6-4-7-14(17)11-22-23-18(26)13-29-20-25-24-19(30-20)28-12-15-8-3-5-9-16(15)21/h3-11H,2,12-13H2,1H3,(H,23,26)/b22-11+. The Kier molecular flexibility index (Phi) is 9.00. The van der Waals surface area contributed by atoms with Crippen LogP contribution >= 0.6 is 46.5 Å². The van der Waals surface area contributed by atoms with Gasteiger partial charge in [-0.3, -0.25) is 4.79 Å². The van der Waals surface area contributed by atoms with Gasteiger partial charge in [0.2, 0.25) is 0 Å². The molecular weight excluding hydrogens is 460 g/mol. The summed E-state index contributed by atoms with van der Waals surface area (Å²) in [6.45, 7) is 2.48. The first kappa shape index (κ1) is 22.6. The predicted octanol–water partition coefficient (Wildman–Crippen LogP) is 5.12. The average Bonchev–Trinajstić information content (AvgIpc) is 3.21. The van der Waals surface area contributed by atoms with E-state index >= 15 is 0 Å². The van der Waals surface area contributed by atoms with Crippen LogP contribution in [0.3, 0.4) is 0 Å². The number of para-hydroxylation sites is 1. The Bertz CT molecular complexity index is 1010. The van der Waals surface area contributed by atoms with Crippen LogP contribution < -0.4 is 10.2 Å². The first-order valence-electron chi connectivity index (χ1n) is 9.02. The third kappa shape index (κ3) is 7.02. The summed E-state index contributed by atoms with van der Waals surface area (Å²) in [5.41, 5.74) is 4.38. The summed E-state index contributed by atoms with van der Waals surface area (Å²) in [5, 5.41) is 13.0. The van der Waals surface area contributed by atoms with Gasteiger partial charge in [0, 0.05) is 16.3 Å². The van der Waals surface area contributed by atoms with Crippen molar-refractivity contribution in [3.05, 3.63) is 64.7 Å². The Labute approximate surface area is 192 Å². The molecule has 0 unspecified atom stereocenters. The summed E-state index contributed by atoms with van der Waals surface area (Å²) in [6.07, 6.45) is 1.57. The Morgan fingerprint density at radius 1 is 1.17 bits per heavy atom. The van der Waals surface area contributed by atoms with E-state index in [9.17, 15) is 4.79 Å². The molecule has 0 saturated heterocycles. The number of rotatable bonds is 10. The normalized spacial score (nSPS) is 11.0. The second-order valence-corrected chi connectivity index (χ2v) is 9.60. The minimum atomic E-state index is -0.217. The molecule has 1 aromatic heterocycles. The van der Waals surface area contributed by atoms with Crippen LogP contribution in [0.4, 0.5) is 0 Å². The summed E-state index contributed by atoms with van der Waals surface area (Å²) in [7, 11) is 0. The Morgan fingerprint density at radius 2 is 1.90 bits per heavy atom. The Hall–Kier alpha value is -2.07. The highest BCUT2D eigenvalue weighted by molar-refractivity contribution is 8.03. The molecule has 0 bridgehead atoms. The van der Waals surface area contributed by atoms with E-state index in [2.05, 4.69) is 20.7 Å². The van der Waals surface area contributed by atoms with Crippen molar-refractivity contribution in [2.45, 2.75) is 21.4 Å². The Morgan fingerprint density at radius 3 is 2.70 bits per heavy atom. The number of ether oxygens (including phenoxy) is 1. The summed E-state index contributed by atoms with van der Waals surface area (Å²) in [6, 6.07) is 15.2. The van der Waals surface area contributed by atoms with Gasteiger partial charge in [-0.05, 0) is 30.7 Å². The summed E-state index contributed by atoms with van der Waals surface area (Å²) in [5.74, 6) is 1.43. The lowest BCUT2D eigenvalue weighted by atomic mass is 10.2. The molecule has 3 rings (SSSR count). The van der Waals surface area contributed by atoms with Crippen LogP contribution in [-0.4, -0.2) is 34.7 Å². The molecule has 3 aromatic rings. The largest absolute Gasteiger partial charge is 0.493 e. The molecule has 0 saturated carbocycles. The molecule has 0 atom stereocenters. The predicted molar refractivity (Wildman–Crippen MR) is 125 cm³/mol. The van der Waals surface area contributed by atoms with E-state index in [4.69, 9.17) is 16.3 Å². The summed E-state index contributed by atoms with van der Waals surface area (Å²) in [4.78, 5) is 12.0. The molecule has 30 heavy (non-hydrogen) atoms. The average molecular weight is 479 g/mol. The molecule has 10 heteroatoms. The molecule has 0 aliphatic carbocycles. The zero-order valence-electron chi connectivity index (χ0n) is 16.1. The van der Waals surface area contributed by atoms with Crippen molar-refractivity contribution in [1.82, 2.24) is 15.6 Å². The molecule has 0 aliphatic heterocycles. The van der Waals surface area contributed by atoms with E-state index in [-0.39, 0.29) is 11.7 Å². The molecule has 156 valence electrons. The Balaban J connectivity index is 1.44. The number of thioether (sulfide) groups is 2. The first-order valence-corrected chi connectivity index (χ1v) is 12.2. The highest BCUT2D eigenvalue weighted by atomic mass is 35.5. The molecule has 2 aromatic carbocycles. The minimum absolute atomic E-state index is 0.203. The van der Waals surface area contributed by atoms with Crippen LogP contribution in [-0.2, 0) is 10.5 Å². The SMILES string of the molecule is CCOc1ccccc1/C=N/NC(=O)CSc1nnc(SCc2ccccc2Cl)s1. The van der Waals surface area contributed by atoms with Crippen molar-refractivity contribution in [3.63, 3.8) is 0 Å². The number of hydrogen-bond acceptors (Lipinski definition) is 8. The van der Waals surface area contributed by atoms with E-state index in [1.54, 1.807) is 18.0 Å².